The van der Waals surface area contributed by atoms with Crippen molar-refractivity contribution in [2.45, 2.75) is 31.5 Å². The monoisotopic (exact) mass is 457 g/mol. The van der Waals surface area contributed by atoms with Gasteiger partial charge >= 0.3 is 12.3 Å². The minimum Gasteiger partial charge on any atom is -0.434 e. The van der Waals surface area contributed by atoms with Crippen molar-refractivity contribution in [1.82, 2.24) is 15.3 Å². The van der Waals surface area contributed by atoms with E-state index in [9.17, 15) is 26.7 Å². The maximum Gasteiger partial charge on any atom is 0.416 e. The van der Waals surface area contributed by atoms with E-state index in [1.165, 1.54) is 19.2 Å². The van der Waals surface area contributed by atoms with Crippen molar-refractivity contribution in [3.8, 4) is 11.3 Å². The van der Waals surface area contributed by atoms with Crippen molar-refractivity contribution in [2.75, 3.05) is 36.4 Å². The Kier molecular flexibility index (Phi) is 5.65. The lowest BCUT2D eigenvalue weighted by molar-refractivity contribution is -0.137. The van der Waals surface area contributed by atoms with Gasteiger partial charge < -0.3 is 15.0 Å². The number of hydrogen-bond acceptors (Lipinski definition) is 6. The molecular weight excluding hydrogens is 437 g/mol. The molecule has 0 aromatic carbocycles. The second kappa shape index (κ2) is 8.15. The van der Waals surface area contributed by atoms with E-state index in [-0.39, 0.29) is 28.5 Å². The number of fused-ring (bicyclic) bond motifs is 1. The van der Waals surface area contributed by atoms with E-state index >= 15 is 0 Å². The first-order chi connectivity index (χ1) is 15.1. The van der Waals surface area contributed by atoms with Crippen LogP contribution in [-0.4, -0.2) is 48.2 Å². The number of ether oxygens (including phenoxy) is 1. The molecule has 2 aliphatic heterocycles. The molecule has 1 amide bonds. The normalized spacial score (nSPS) is 19.2. The van der Waals surface area contributed by atoms with Gasteiger partial charge in [0.15, 0.2) is 6.10 Å². The first-order valence-corrected chi connectivity index (χ1v) is 10.00. The molecule has 2 N–H and O–H groups in total. The maximum atomic E-state index is 14.7. The van der Waals surface area contributed by atoms with E-state index in [2.05, 4.69) is 20.6 Å². The summed E-state index contributed by atoms with van der Waals surface area (Å²) in [5, 5.41) is 5.35. The highest BCUT2D eigenvalue weighted by atomic mass is 19.4. The molecule has 0 saturated carbocycles. The van der Waals surface area contributed by atoms with Crippen LogP contribution in [0.25, 0.3) is 11.3 Å². The number of halogens is 5. The molecule has 172 valence electrons. The van der Waals surface area contributed by atoms with E-state index in [1.807, 2.05) is 0 Å². The van der Waals surface area contributed by atoms with Gasteiger partial charge in [-0.2, -0.15) is 13.2 Å². The summed E-state index contributed by atoms with van der Waals surface area (Å²) in [6, 6.07) is 3.04. The van der Waals surface area contributed by atoms with E-state index < -0.39 is 36.3 Å². The number of rotatable bonds is 4. The van der Waals surface area contributed by atoms with Crippen molar-refractivity contribution in [1.29, 1.82) is 0 Å². The van der Waals surface area contributed by atoms with Crippen LogP contribution in [0.1, 0.15) is 30.6 Å². The molecule has 0 aliphatic carbocycles. The Hall–Kier alpha value is -3.02. The fraction of sp³-hybridized carbons (Fsp3) is 0.450. The molecule has 1 unspecified atom stereocenters. The number of nitrogens with one attached hydrogen (secondary N) is 2. The molecule has 2 aromatic rings. The molecular formula is C20H20F5N5O2. The van der Waals surface area contributed by atoms with Gasteiger partial charge in [-0.25, -0.2) is 23.5 Å². The van der Waals surface area contributed by atoms with Gasteiger partial charge in [0, 0.05) is 44.4 Å². The predicted octanol–water partition coefficient (Wildman–Crippen LogP) is 4.22. The molecule has 12 heteroatoms. The van der Waals surface area contributed by atoms with Crippen molar-refractivity contribution in [2.24, 2.45) is 0 Å². The third-order valence-electron chi connectivity index (χ3n) is 5.41. The van der Waals surface area contributed by atoms with Gasteiger partial charge in [-0.1, -0.05) is 6.92 Å². The van der Waals surface area contributed by atoms with Crippen LogP contribution >= 0.6 is 0 Å². The number of aromatic nitrogens is 2. The number of nitrogens with zero attached hydrogens (tertiary/aromatic N) is 3. The fourth-order valence-corrected chi connectivity index (χ4v) is 3.71. The number of hydrogen-bond donors (Lipinski definition) is 2. The second-order valence-corrected chi connectivity index (χ2v) is 7.48. The third kappa shape index (κ3) is 4.18. The molecule has 2 aromatic heterocycles. The zero-order chi connectivity index (χ0) is 23.1. The van der Waals surface area contributed by atoms with E-state index in [4.69, 9.17) is 4.74 Å². The molecule has 2 aliphatic rings. The number of cyclic esters (lactones) is 1. The van der Waals surface area contributed by atoms with E-state index in [1.54, 1.807) is 4.90 Å². The van der Waals surface area contributed by atoms with Crippen LogP contribution in [0.5, 0.6) is 0 Å². The van der Waals surface area contributed by atoms with Crippen LogP contribution < -0.4 is 15.5 Å². The molecule has 0 spiro atoms. The molecule has 7 nitrogen and oxygen atoms in total. The van der Waals surface area contributed by atoms with Crippen LogP contribution in [0, 0.1) is 0 Å². The van der Waals surface area contributed by atoms with Gasteiger partial charge in [0.05, 0.1) is 16.8 Å². The number of anilines is 2. The first-order valence-electron chi connectivity index (χ1n) is 10.00. The Bertz CT molecular complexity index is 1020. The second-order valence-electron chi connectivity index (χ2n) is 7.48. The first kappa shape index (κ1) is 22.2. The van der Waals surface area contributed by atoms with Gasteiger partial charge in [-0.3, -0.25) is 5.32 Å². The summed E-state index contributed by atoms with van der Waals surface area (Å²) in [4.78, 5) is 21.8. The van der Waals surface area contributed by atoms with Gasteiger partial charge in [0.2, 0.25) is 0 Å². The number of carbonyl (C=O) groups excluding carboxylic acids is 1. The van der Waals surface area contributed by atoms with E-state index in [0.717, 1.165) is 12.1 Å². The Labute approximate surface area is 180 Å². The Morgan fingerprint density at radius 2 is 1.91 bits per heavy atom. The Morgan fingerprint density at radius 1 is 1.19 bits per heavy atom. The summed E-state index contributed by atoms with van der Waals surface area (Å²) >= 11 is 0. The lowest BCUT2D eigenvalue weighted by atomic mass is 9.94. The van der Waals surface area contributed by atoms with Crippen molar-refractivity contribution >= 4 is 17.7 Å². The highest BCUT2D eigenvalue weighted by molar-refractivity contribution is 5.89. The van der Waals surface area contributed by atoms with Crippen LogP contribution in [0.3, 0.4) is 0 Å². The molecule has 4 heterocycles. The summed E-state index contributed by atoms with van der Waals surface area (Å²) in [5.41, 5.74) is -1.35. The largest absolute Gasteiger partial charge is 0.434 e. The van der Waals surface area contributed by atoms with Crippen molar-refractivity contribution in [3.63, 3.8) is 0 Å². The minimum absolute atomic E-state index is 0.0180. The van der Waals surface area contributed by atoms with Gasteiger partial charge in [0.25, 0.3) is 5.92 Å². The number of carbonyl (C=O) groups is 1. The molecule has 4 rings (SSSR count). The Morgan fingerprint density at radius 3 is 2.56 bits per heavy atom. The average molecular weight is 457 g/mol. The van der Waals surface area contributed by atoms with Crippen LogP contribution in [0.2, 0.25) is 0 Å². The van der Waals surface area contributed by atoms with Crippen LogP contribution in [-0.2, 0) is 10.9 Å². The van der Waals surface area contributed by atoms with Crippen molar-refractivity contribution in [3.05, 3.63) is 35.5 Å². The summed E-state index contributed by atoms with van der Waals surface area (Å²) in [6.07, 6.45) is -7.24. The molecule has 0 bridgehead atoms. The van der Waals surface area contributed by atoms with Crippen LogP contribution in [0.15, 0.2) is 24.4 Å². The summed E-state index contributed by atoms with van der Waals surface area (Å²) in [6.45, 7) is 3.25. The average Bonchev–Trinajstić information content (AvgIpc) is 2.77. The number of piperazine rings is 1. The number of amides is 1. The topological polar surface area (TPSA) is 79.4 Å². The summed E-state index contributed by atoms with van der Waals surface area (Å²) in [5.74, 6) is -3.57. The number of alkyl halides is 5. The quantitative estimate of drug-likeness (QED) is 0.670. The Balaban J connectivity index is 1.90. The summed E-state index contributed by atoms with van der Waals surface area (Å²) < 4.78 is 75.2. The molecule has 1 atom stereocenters. The predicted molar refractivity (Wildman–Crippen MR) is 106 cm³/mol. The SMILES string of the molecule is CCC(F)(F)C1OC(=O)Nc2nccc(-c3cc(C(F)(F)F)cc(N4CCNCC4)n3)c21. The molecule has 32 heavy (non-hydrogen) atoms. The van der Waals surface area contributed by atoms with Gasteiger partial charge in [0.1, 0.15) is 11.6 Å². The minimum atomic E-state index is -4.68. The van der Waals surface area contributed by atoms with Gasteiger partial charge in [-0.15, -0.1) is 0 Å². The zero-order valence-electron chi connectivity index (χ0n) is 17.0. The van der Waals surface area contributed by atoms with Gasteiger partial charge in [-0.05, 0) is 18.2 Å². The molecule has 1 saturated heterocycles. The highest BCUT2D eigenvalue weighted by Gasteiger charge is 2.47. The van der Waals surface area contributed by atoms with Crippen molar-refractivity contribution < 1.29 is 31.5 Å². The molecule has 0 radical (unpaired) electrons. The molecule has 1 fully saturated rings. The van der Waals surface area contributed by atoms with Crippen LogP contribution in [0.4, 0.5) is 38.4 Å². The lowest BCUT2D eigenvalue weighted by Crippen LogP contribution is -2.44. The standard InChI is InChI=1S/C20H20F5N5O2/c1-2-19(21,22)16-15-12(3-4-27-17(15)29-18(31)32-16)13-9-11(20(23,24)25)10-14(28-13)30-7-5-26-6-8-30/h3-4,9-10,16,26H,2,5-8H2,1H3,(H,27,29,31). The fourth-order valence-electron chi connectivity index (χ4n) is 3.71. The number of pyridine rings is 2. The third-order valence-corrected chi connectivity index (χ3v) is 5.41. The zero-order valence-corrected chi connectivity index (χ0v) is 17.0. The summed E-state index contributed by atoms with van der Waals surface area (Å²) in [7, 11) is 0. The maximum absolute atomic E-state index is 14.7. The van der Waals surface area contributed by atoms with E-state index in [0.29, 0.717) is 26.2 Å². The smallest absolute Gasteiger partial charge is 0.416 e. The lowest BCUT2D eigenvalue weighted by Gasteiger charge is -2.32. The highest BCUT2D eigenvalue weighted by Crippen LogP contribution is 2.46.